The van der Waals surface area contributed by atoms with Gasteiger partial charge in [-0.25, -0.2) is 0 Å². The van der Waals surface area contributed by atoms with Gasteiger partial charge in [0.05, 0.1) is 18.9 Å². The van der Waals surface area contributed by atoms with Crippen molar-refractivity contribution in [2.24, 2.45) is 5.41 Å². The molecule has 2 heterocycles. The van der Waals surface area contributed by atoms with E-state index >= 15 is 0 Å². The summed E-state index contributed by atoms with van der Waals surface area (Å²) >= 11 is 0. The van der Waals surface area contributed by atoms with Gasteiger partial charge in [0.1, 0.15) is 5.69 Å². The molecule has 0 aromatic carbocycles. The summed E-state index contributed by atoms with van der Waals surface area (Å²) in [5.41, 5.74) is 1.70. The van der Waals surface area contributed by atoms with Gasteiger partial charge in [-0.05, 0) is 18.9 Å². The fourth-order valence-electron chi connectivity index (χ4n) is 2.08. The maximum atomic E-state index is 12.2. The number of nitrogens with zero attached hydrogens (tertiary/aromatic N) is 2. The molecule has 0 atom stereocenters. The largest absolute Gasteiger partial charge is 0.380 e. The third-order valence-electron chi connectivity index (χ3n) is 3.50. The molecule has 1 aromatic heterocycles. The lowest BCUT2D eigenvalue weighted by Gasteiger charge is -2.37. The maximum absolute atomic E-state index is 12.2. The Labute approximate surface area is 114 Å². The predicted octanol–water partition coefficient (Wildman–Crippen LogP) is 1.79. The van der Waals surface area contributed by atoms with Crippen molar-refractivity contribution in [2.75, 3.05) is 19.8 Å². The third kappa shape index (κ3) is 2.97. The van der Waals surface area contributed by atoms with Crippen molar-refractivity contribution < 1.29 is 9.53 Å². The molecule has 0 spiro atoms. The van der Waals surface area contributed by atoms with E-state index in [1.165, 1.54) is 0 Å². The van der Waals surface area contributed by atoms with Gasteiger partial charge >= 0.3 is 0 Å². The highest BCUT2D eigenvalue weighted by Gasteiger charge is 2.33. The number of aryl methyl sites for hydroxylation is 1. The SMILES string of the molecule is CCn1nc(C(C)C)cc1C(=O)NCC1(C)COC1. The first-order chi connectivity index (χ1) is 8.95. The lowest BCUT2D eigenvalue weighted by atomic mass is 9.89. The topological polar surface area (TPSA) is 56.2 Å². The lowest BCUT2D eigenvalue weighted by molar-refractivity contribution is -0.0978. The average molecular weight is 265 g/mol. The van der Waals surface area contributed by atoms with E-state index < -0.39 is 0 Å². The summed E-state index contributed by atoms with van der Waals surface area (Å²) in [7, 11) is 0. The molecule has 1 N–H and O–H groups in total. The molecule has 5 heteroatoms. The summed E-state index contributed by atoms with van der Waals surface area (Å²) in [4.78, 5) is 12.2. The molecule has 5 nitrogen and oxygen atoms in total. The minimum Gasteiger partial charge on any atom is -0.380 e. The summed E-state index contributed by atoms with van der Waals surface area (Å²) in [6.45, 7) is 11.1. The standard InChI is InChI=1S/C14H23N3O2/c1-5-17-12(6-11(16-17)10(2)3)13(18)15-7-14(4)8-19-9-14/h6,10H,5,7-9H2,1-4H3,(H,15,18). The Morgan fingerprint density at radius 1 is 1.58 bits per heavy atom. The van der Waals surface area contributed by atoms with Crippen LogP contribution >= 0.6 is 0 Å². The maximum Gasteiger partial charge on any atom is 0.269 e. The van der Waals surface area contributed by atoms with E-state index in [9.17, 15) is 4.79 Å². The van der Waals surface area contributed by atoms with Gasteiger partial charge in [-0.3, -0.25) is 9.48 Å². The number of amides is 1. The highest BCUT2D eigenvalue weighted by atomic mass is 16.5. The van der Waals surface area contributed by atoms with Crippen LogP contribution in [0.15, 0.2) is 6.07 Å². The second kappa shape index (κ2) is 5.33. The Hall–Kier alpha value is -1.36. The molecule has 1 fully saturated rings. The van der Waals surface area contributed by atoms with Crippen LogP contribution in [0, 0.1) is 5.41 Å². The van der Waals surface area contributed by atoms with Crippen LogP contribution in [0.4, 0.5) is 0 Å². The van der Waals surface area contributed by atoms with E-state index in [4.69, 9.17) is 4.74 Å². The average Bonchev–Trinajstić information content (AvgIpc) is 2.77. The molecular weight excluding hydrogens is 242 g/mol. The molecule has 1 aliphatic rings. The van der Waals surface area contributed by atoms with Crippen molar-refractivity contribution in [3.8, 4) is 0 Å². The van der Waals surface area contributed by atoms with E-state index in [0.29, 0.717) is 24.7 Å². The molecule has 0 bridgehead atoms. The van der Waals surface area contributed by atoms with Gasteiger partial charge in [-0.15, -0.1) is 0 Å². The Balaban J connectivity index is 2.05. The van der Waals surface area contributed by atoms with Crippen LogP contribution in [0.25, 0.3) is 0 Å². The van der Waals surface area contributed by atoms with Crippen LogP contribution in [-0.2, 0) is 11.3 Å². The van der Waals surface area contributed by atoms with E-state index in [0.717, 1.165) is 18.9 Å². The lowest BCUT2D eigenvalue weighted by Crippen LogP contribution is -2.48. The first-order valence-electron chi connectivity index (χ1n) is 6.89. The Bertz CT molecular complexity index is 461. The Morgan fingerprint density at radius 2 is 2.26 bits per heavy atom. The normalized spacial score (nSPS) is 17.3. The third-order valence-corrected chi connectivity index (χ3v) is 3.50. The Morgan fingerprint density at radius 3 is 2.74 bits per heavy atom. The quantitative estimate of drug-likeness (QED) is 0.883. The van der Waals surface area contributed by atoms with Gasteiger partial charge in [-0.2, -0.15) is 5.10 Å². The fraction of sp³-hybridized carbons (Fsp3) is 0.714. The van der Waals surface area contributed by atoms with Crippen molar-refractivity contribution in [3.63, 3.8) is 0 Å². The van der Waals surface area contributed by atoms with E-state index in [1.54, 1.807) is 4.68 Å². The van der Waals surface area contributed by atoms with Gasteiger partial charge in [0.25, 0.3) is 5.91 Å². The van der Waals surface area contributed by atoms with Crippen molar-refractivity contribution in [2.45, 2.75) is 40.2 Å². The van der Waals surface area contributed by atoms with Crippen molar-refractivity contribution in [1.29, 1.82) is 0 Å². The summed E-state index contributed by atoms with van der Waals surface area (Å²) in [5, 5.41) is 7.45. The minimum atomic E-state index is -0.0469. The number of ether oxygens (including phenoxy) is 1. The van der Waals surface area contributed by atoms with E-state index in [2.05, 4.69) is 31.2 Å². The molecule has 106 valence electrons. The molecule has 1 saturated heterocycles. The van der Waals surface area contributed by atoms with Gasteiger partial charge in [0.2, 0.25) is 0 Å². The summed E-state index contributed by atoms with van der Waals surface area (Å²) in [6.07, 6.45) is 0. The zero-order valence-corrected chi connectivity index (χ0v) is 12.2. The first-order valence-corrected chi connectivity index (χ1v) is 6.89. The fourth-order valence-corrected chi connectivity index (χ4v) is 2.08. The van der Waals surface area contributed by atoms with E-state index in [1.807, 2.05) is 13.0 Å². The smallest absolute Gasteiger partial charge is 0.269 e. The molecule has 0 unspecified atom stereocenters. The van der Waals surface area contributed by atoms with Crippen LogP contribution in [0.2, 0.25) is 0 Å². The van der Waals surface area contributed by atoms with E-state index in [-0.39, 0.29) is 11.3 Å². The number of aromatic nitrogens is 2. The van der Waals surface area contributed by atoms with Gasteiger partial charge in [0.15, 0.2) is 0 Å². The number of carbonyl (C=O) groups excluding carboxylic acids is 1. The summed E-state index contributed by atoms with van der Waals surface area (Å²) in [5.74, 6) is 0.284. The molecule has 0 radical (unpaired) electrons. The predicted molar refractivity (Wildman–Crippen MR) is 73.2 cm³/mol. The molecule has 2 rings (SSSR count). The van der Waals surface area contributed by atoms with Crippen molar-refractivity contribution in [1.82, 2.24) is 15.1 Å². The highest BCUT2D eigenvalue weighted by molar-refractivity contribution is 5.92. The molecule has 1 aliphatic heterocycles. The van der Waals surface area contributed by atoms with Crippen LogP contribution in [0.3, 0.4) is 0 Å². The number of carbonyl (C=O) groups is 1. The Kier molecular flexibility index (Phi) is 3.94. The molecule has 1 amide bonds. The molecular formula is C14H23N3O2. The minimum absolute atomic E-state index is 0.0469. The number of hydrogen-bond donors (Lipinski definition) is 1. The second-order valence-electron chi connectivity index (χ2n) is 5.91. The summed E-state index contributed by atoms with van der Waals surface area (Å²) in [6, 6.07) is 1.89. The molecule has 0 saturated carbocycles. The highest BCUT2D eigenvalue weighted by Crippen LogP contribution is 2.25. The number of rotatable bonds is 5. The molecule has 1 aromatic rings. The number of hydrogen-bond acceptors (Lipinski definition) is 3. The van der Waals surface area contributed by atoms with Crippen molar-refractivity contribution in [3.05, 3.63) is 17.5 Å². The van der Waals surface area contributed by atoms with Gasteiger partial charge in [0, 0.05) is 18.5 Å². The van der Waals surface area contributed by atoms with Crippen LogP contribution in [-0.4, -0.2) is 35.4 Å². The number of nitrogens with one attached hydrogen (secondary N) is 1. The van der Waals surface area contributed by atoms with Crippen LogP contribution < -0.4 is 5.32 Å². The van der Waals surface area contributed by atoms with Crippen molar-refractivity contribution >= 4 is 5.91 Å². The van der Waals surface area contributed by atoms with Crippen LogP contribution in [0.1, 0.15) is 49.8 Å². The second-order valence-corrected chi connectivity index (χ2v) is 5.91. The monoisotopic (exact) mass is 265 g/mol. The molecule has 19 heavy (non-hydrogen) atoms. The van der Waals surface area contributed by atoms with Gasteiger partial charge in [-0.1, -0.05) is 20.8 Å². The first kappa shape index (κ1) is 14.1. The molecule has 0 aliphatic carbocycles. The van der Waals surface area contributed by atoms with Gasteiger partial charge < -0.3 is 10.1 Å². The summed E-state index contributed by atoms with van der Waals surface area (Å²) < 4.78 is 6.96. The van der Waals surface area contributed by atoms with Crippen LogP contribution in [0.5, 0.6) is 0 Å². The zero-order chi connectivity index (χ0) is 14.0. The zero-order valence-electron chi connectivity index (χ0n) is 12.2.